The second-order valence-corrected chi connectivity index (χ2v) is 6.95. The first-order valence-electron chi connectivity index (χ1n) is 8.27. The first-order valence-corrected chi connectivity index (χ1v) is 9.42. The molecule has 0 atom stereocenters. The van der Waals surface area contributed by atoms with Gasteiger partial charge in [0.25, 0.3) is 5.89 Å². The van der Waals surface area contributed by atoms with Gasteiger partial charge in [-0.1, -0.05) is 17.3 Å². The van der Waals surface area contributed by atoms with Crippen LogP contribution in [-0.2, 0) is 11.5 Å². The third kappa shape index (κ3) is 3.80. The van der Waals surface area contributed by atoms with E-state index in [-0.39, 0.29) is 5.82 Å². The van der Waals surface area contributed by atoms with Gasteiger partial charge in [0.15, 0.2) is 5.76 Å². The molecule has 0 saturated heterocycles. The lowest BCUT2D eigenvalue weighted by Crippen LogP contribution is -1.88. The summed E-state index contributed by atoms with van der Waals surface area (Å²) in [6.07, 6.45) is 1.58. The molecule has 0 aliphatic carbocycles. The predicted octanol–water partition coefficient (Wildman–Crippen LogP) is 5.17. The smallest absolute Gasteiger partial charge is 0.263 e. The van der Waals surface area contributed by atoms with E-state index in [0.717, 1.165) is 11.5 Å². The van der Waals surface area contributed by atoms with Crippen LogP contribution >= 0.6 is 11.8 Å². The van der Waals surface area contributed by atoms with E-state index in [2.05, 4.69) is 15.1 Å². The number of oxazole rings is 1. The van der Waals surface area contributed by atoms with Gasteiger partial charge in [0.1, 0.15) is 11.6 Å². The molecule has 1 aromatic carbocycles. The van der Waals surface area contributed by atoms with Gasteiger partial charge < -0.3 is 13.4 Å². The van der Waals surface area contributed by atoms with Gasteiger partial charge in [0.2, 0.25) is 11.7 Å². The fourth-order valence-corrected chi connectivity index (χ4v) is 3.32. The lowest BCUT2D eigenvalue weighted by atomic mass is 10.1. The highest BCUT2D eigenvalue weighted by Crippen LogP contribution is 2.26. The summed E-state index contributed by atoms with van der Waals surface area (Å²) in [4.78, 5) is 8.79. The highest BCUT2D eigenvalue weighted by Gasteiger charge is 2.15. The van der Waals surface area contributed by atoms with Gasteiger partial charge in [-0.3, -0.25) is 0 Å². The van der Waals surface area contributed by atoms with E-state index in [4.69, 9.17) is 13.4 Å². The van der Waals surface area contributed by atoms with Crippen LogP contribution in [0.5, 0.6) is 0 Å². The molecule has 8 heteroatoms. The standard InChI is InChI=1S/C19H16FN3O3S/c1-11-5-6-13(8-14(11)20)18-22-17(26-23-18)10-27-9-15-12(2)25-19(21-15)16-4-3-7-24-16/h3-8H,9-10H2,1-2H3. The zero-order valence-corrected chi connectivity index (χ0v) is 15.5. The fraction of sp³-hybridized carbons (Fsp3) is 0.211. The van der Waals surface area contributed by atoms with Gasteiger partial charge in [0.05, 0.1) is 17.7 Å². The van der Waals surface area contributed by atoms with Crippen LogP contribution in [0.3, 0.4) is 0 Å². The Labute approximate surface area is 158 Å². The molecular weight excluding hydrogens is 369 g/mol. The van der Waals surface area contributed by atoms with E-state index in [9.17, 15) is 4.39 Å². The molecule has 0 spiro atoms. The van der Waals surface area contributed by atoms with Gasteiger partial charge in [0, 0.05) is 11.3 Å². The SMILES string of the molecule is Cc1ccc(-c2noc(CSCc3nc(-c4ccco4)oc3C)n2)cc1F. The first-order chi connectivity index (χ1) is 13.1. The van der Waals surface area contributed by atoms with Crippen LogP contribution in [0.1, 0.15) is 22.9 Å². The normalized spacial score (nSPS) is 11.2. The maximum absolute atomic E-state index is 13.7. The Morgan fingerprint density at radius 3 is 2.78 bits per heavy atom. The predicted molar refractivity (Wildman–Crippen MR) is 98.4 cm³/mol. The Balaban J connectivity index is 1.39. The minimum Gasteiger partial charge on any atom is -0.459 e. The molecule has 3 aromatic heterocycles. The second-order valence-electron chi connectivity index (χ2n) is 5.97. The van der Waals surface area contributed by atoms with Crippen molar-refractivity contribution >= 4 is 11.8 Å². The monoisotopic (exact) mass is 385 g/mol. The summed E-state index contributed by atoms with van der Waals surface area (Å²) in [5, 5.41) is 3.93. The van der Waals surface area contributed by atoms with Crippen molar-refractivity contribution in [2.24, 2.45) is 0 Å². The minimum atomic E-state index is -0.290. The maximum Gasteiger partial charge on any atom is 0.263 e. The molecule has 27 heavy (non-hydrogen) atoms. The average Bonchev–Trinajstić information content (AvgIpc) is 3.39. The van der Waals surface area contributed by atoms with Gasteiger partial charge in [-0.05, 0) is 37.6 Å². The van der Waals surface area contributed by atoms with Crippen molar-refractivity contribution in [3.63, 3.8) is 0 Å². The third-order valence-corrected chi connectivity index (χ3v) is 4.92. The average molecular weight is 385 g/mol. The van der Waals surface area contributed by atoms with Crippen molar-refractivity contribution in [3.05, 3.63) is 65.3 Å². The van der Waals surface area contributed by atoms with Crippen molar-refractivity contribution < 1.29 is 17.7 Å². The van der Waals surface area contributed by atoms with Crippen LogP contribution in [0.2, 0.25) is 0 Å². The number of halogens is 1. The summed E-state index contributed by atoms with van der Waals surface area (Å²) < 4.78 is 29.9. The van der Waals surface area contributed by atoms with Gasteiger partial charge in [-0.2, -0.15) is 4.98 Å². The number of furan rings is 1. The largest absolute Gasteiger partial charge is 0.459 e. The van der Waals surface area contributed by atoms with Crippen molar-refractivity contribution in [1.29, 1.82) is 0 Å². The molecule has 0 fully saturated rings. The topological polar surface area (TPSA) is 78.1 Å². The lowest BCUT2D eigenvalue weighted by Gasteiger charge is -1.97. The molecule has 0 amide bonds. The van der Waals surface area contributed by atoms with Crippen LogP contribution in [-0.4, -0.2) is 15.1 Å². The number of aryl methyl sites for hydroxylation is 2. The van der Waals surface area contributed by atoms with Gasteiger partial charge >= 0.3 is 0 Å². The van der Waals surface area contributed by atoms with E-state index < -0.39 is 0 Å². The molecular formula is C19H16FN3O3S. The number of thioether (sulfide) groups is 1. The van der Waals surface area contributed by atoms with E-state index in [1.807, 2.05) is 6.92 Å². The van der Waals surface area contributed by atoms with Gasteiger partial charge in [-0.15, -0.1) is 11.8 Å². The maximum atomic E-state index is 13.7. The molecule has 0 aliphatic heterocycles. The molecule has 0 unspecified atom stereocenters. The quantitative estimate of drug-likeness (QED) is 0.453. The molecule has 0 N–H and O–H groups in total. The molecule has 4 aromatic rings. The number of nitrogens with zero attached hydrogens (tertiary/aromatic N) is 3. The van der Waals surface area contributed by atoms with E-state index in [0.29, 0.717) is 46.0 Å². The minimum absolute atomic E-state index is 0.290. The summed E-state index contributed by atoms with van der Waals surface area (Å²) in [5.74, 6) is 3.52. The third-order valence-electron chi connectivity index (χ3n) is 3.99. The molecule has 4 rings (SSSR count). The van der Waals surface area contributed by atoms with Crippen molar-refractivity contribution in [3.8, 4) is 23.0 Å². The Morgan fingerprint density at radius 1 is 1.11 bits per heavy atom. The lowest BCUT2D eigenvalue weighted by molar-refractivity contribution is 0.391. The Morgan fingerprint density at radius 2 is 2.00 bits per heavy atom. The first kappa shape index (κ1) is 17.5. The molecule has 0 bridgehead atoms. The number of aromatic nitrogens is 3. The second kappa shape index (κ2) is 7.40. The summed E-state index contributed by atoms with van der Waals surface area (Å²) in [5.41, 5.74) is 2.01. The van der Waals surface area contributed by atoms with Crippen LogP contribution < -0.4 is 0 Å². The number of rotatable bonds is 6. The van der Waals surface area contributed by atoms with E-state index in [1.54, 1.807) is 49.2 Å². The number of hydrogen-bond acceptors (Lipinski definition) is 7. The van der Waals surface area contributed by atoms with Crippen LogP contribution in [0.4, 0.5) is 4.39 Å². The summed E-state index contributed by atoms with van der Waals surface area (Å²) in [6.45, 7) is 3.58. The summed E-state index contributed by atoms with van der Waals surface area (Å²) in [6, 6.07) is 8.47. The molecule has 0 aliphatic rings. The zero-order chi connectivity index (χ0) is 18.8. The molecule has 138 valence electrons. The van der Waals surface area contributed by atoms with Crippen molar-refractivity contribution in [2.75, 3.05) is 0 Å². The van der Waals surface area contributed by atoms with Crippen molar-refractivity contribution in [1.82, 2.24) is 15.1 Å². The summed E-state index contributed by atoms with van der Waals surface area (Å²) in [7, 11) is 0. The highest BCUT2D eigenvalue weighted by molar-refractivity contribution is 7.97. The van der Waals surface area contributed by atoms with E-state index in [1.165, 1.54) is 6.07 Å². The fourth-order valence-electron chi connectivity index (χ4n) is 2.47. The summed E-state index contributed by atoms with van der Waals surface area (Å²) >= 11 is 1.57. The van der Waals surface area contributed by atoms with Crippen LogP contribution in [0, 0.1) is 19.7 Å². The molecule has 0 radical (unpaired) electrons. The van der Waals surface area contributed by atoms with Crippen LogP contribution in [0.15, 0.2) is 50.0 Å². The van der Waals surface area contributed by atoms with E-state index >= 15 is 0 Å². The number of hydrogen-bond donors (Lipinski definition) is 0. The Bertz CT molecular complexity index is 1060. The molecule has 3 heterocycles. The molecule has 0 saturated carbocycles. The van der Waals surface area contributed by atoms with Crippen LogP contribution in [0.25, 0.3) is 23.0 Å². The Kier molecular flexibility index (Phi) is 4.81. The zero-order valence-electron chi connectivity index (χ0n) is 14.7. The highest BCUT2D eigenvalue weighted by atomic mass is 32.2. The van der Waals surface area contributed by atoms with Crippen molar-refractivity contribution in [2.45, 2.75) is 25.4 Å². The number of benzene rings is 1. The van der Waals surface area contributed by atoms with Gasteiger partial charge in [-0.25, -0.2) is 9.37 Å². The molecule has 6 nitrogen and oxygen atoms in total. The Hall–Kier alpha value is -2.87.